The summed E-state index contributed by atoms with van der Waals surface area (Å²) in [4.78, 5) is 12.6. The Morgan fingerprint density at radius 1 is 1.35 bits per heavy atom. The highest BCUT2D eigenvalue weighted by molar-refractivity contribution is 5.79. The van der Waals surface area contributed by atoms with Gasteiger partial charge in [0.1, 0.15) is 6.73 Å². The van der Waals surface area contributed by atoms with Crippen LogP contribution in [-0.2, 0) is 29.1 Å². The van der Waals surface area contributed by atoms with Crippen LogP contribution in [0.5, 0.6) is 0 Å². The van der Waals surface area contributed by atoms with Crippen molar-refractivity contribution in [2.24, 2.45) is 5.92 Å². The van der Waals surface area contributed by atoms with Crippen molar-refractivity contribution in [3.63, 3.8) is 0 Å². The van der Waals surface area contributed by atoms with E-state index in [9.17, 15) is 4.79 Å². The van der Waals surface area contributed by atoms with Crippen LogP contribution in [0.15, 0.2) is 36.5 Å². The van der Waals surface area contributed by atoms with Crippen molar-refractivity contribution in [2.75, 3.05) is 6.61 Å². The third-order valence-electron chi connectivity index (χ3n) is 4.11. The number of aryl methyl sites for hydroxylation is 1. The first kappa shape index (κ1) is 15.7. The fourth-order valence-electron chi connectivity index (χ4n) is 2.85. The average Bonchev–Trinajstić information content (AvgIpc) is 2.98. The molecule has 1 aromatic carbocycles. The molecule has 2 aromatic rings. The summed E-state index contributed by atoms with van der Waals surface area (Å²) in [7, 11) is 0. The van der Waals surface area contributed by atoms with E-state index in [0.29, 0.717) is 13.3 Å². The second-order valence-corrected chi connectivity index (χ2v) is 6.06. The van der Waals surface area contributed by atoms with E-state index in [2.05, 4.69) is 27.8 Å². The number of amides is 1. The number of hydrogen-bond acceptors (Lipinski definition) is 4. The van der Waals surface area contributed by atoms with Crippen LogP contribution in [0.25, 0.3) is 0 Å². The van der Waals surface area contributed by atoms with Gasteiger partial charge in [0.25, 0.3) is 0 Å². The quantitative estimate of drug-likeness (QED) is 0.913. The van der Waals surface area contributed by atoms with E-state index in [0.717, 1.165) is 25.0 Å². The molecule has 0 saturated heterocycles. The van der Waals surface area contributed by atoms with E-state index in [1.807, 2.05) is 25.1 Å². The molecule has 1 aliphatic rings. The topological polar surface area (TPSA) is 69.0 Å². The zero-order chi connectivity index (χ0) is 16.1. The van der Waals surface area contributed by atoms with Gasteiger partial charge >= 0.3 is 0 Å². The van der Waals surface area contributed by atoms with Gasteiger partial charge in [-0.15, -0.1) is 5.10 Å². The number of fused-ring (bicyclic) bond motifs is 1. The molecule has 2 atom stereocenters. The monoisotopic (exact) mass is 314 g/mol. The van der Waals surface area contributed by atoms with Crippen LogP contribution in [0.1, 0.15) is 24.6 Å². The highest BCUT2D eigenvalue weighted by Crippen LogP contribution is 2.17. The first-order chi connectivity index (χ1) is 11.2. The van der Waals surface area contributed by atoms with Crippen LogP contribution < -0.4 is 5.32 Å². The molecule has 0 saturated carbocycles. The average molecular weight is 314 g/mol. The fourth-order valence-corrected chi connectivity index (χ4v) is 2.85. The van der Waals surface area contributed by atoms with Crippen LogP contribution in [0, 0.1) is 5.92 Å². The number of nitrogens with one attached hydrogen (secondary N) is 1. The van der Waals surface area contributed by atoms with Crippen molar-refractivity contribution < 1.29 is 9.53 Å². The van der Waals surface area contributed by atoms with Crippen LogP contribution in [0.2, 0.25) is 0 Å². The number of carbonyl (C=O) groups excluding carboxylic acids is 1. The highest BCUT2D eigenvalue weighted by atomic mass is 16.5. The molecule has 0 bridgehead atoms. The van der Waals surface area contributed by atoms with Gasteiger partial charge in [0, 0.05) is 12.0 Å². The van der Waals surface area contributed by atoms with Crippen molar-refractivity contribution in [3.05, 3.63) is 47.8 Å². The lowest BCUT2D eigenvalue weighted by atomic mass is 9.93. The van der Waals surface area contributed by atoms with Crippen LogP contribution in [-0.4, -0.2) is 33.5 Å². The van der Waals surface area contributed by atoms with Gasteiger partial charge in [0.2, 0.25) is 5.91 Å². The molecule has 1 amide bonds. The summed E-state index contributed by atoms with van der Waals surface area (Å²) < 4.78 is 7.38. The first-order valence-corrected chi connectivity index (χ1v) is 8.02. The van der Waals surface area contributed by atoms with Crippen molar-refractivity contribution in [2.45, 2.75) is 39.0 Å². The second-order valence-electron chi connectivity index (χ2n) is 6.06. The highest BCUT2D eigenvalue weighted by Gasteiger charge is 2.22. The van der Waals surface area contributed by atoms with E-state index in [1.54, 1.807) is 10.9 Å². The Morgan fingerprint density at radius 3 is 3.00 bits per heavy atom. The molecule has 3 rings (SSSR count). The Hall–Kier alpha value is -2.21. The maximum atomic E-state index is 12.6. The number of hydrogen-bond donors (Lipinski definition) is 1. The Morgan fingerprint density at radius 2 is 2.17 bits per heavy atom. The SMILES string of the molecule is C[C@H]1COCn2nncc2CC[C@H](Cc2ccccc2)C(=O)N1. The van der Waals surface area contributed by atoms with E-state index in [4.69, 9.17) is 4.74 Å². The summed E-state index contributed by atoms with van der Waals surface area (Å²) in [5.41, 5.74) is 2.18. The predicted molar refractivity (Wildman–Crippen MR) is 85.5 cm³/mol. The van der Waals surface area contributed by atoms with Crippen molar-refractivity contribution >= 4 is 5.91 Å². The molecule has 1 aliphatic heterocycles. The molecule has 1 N–H and O–H groups in total. The van der Waals surface area contributed by atoms with Crippen molar-refractivity contribution in [1.29, 1.82) is 0 Å². The van der Waals surface area contributed by atoms with Gasteiger partial charge in [-0.1, -0.05) is 35.5 Å². The number of carbonyl (C=O) groups is 1. The van der Waals surface area contributed by atoms with Crippen molar-refractivity contribution in [3.8, 4) is 0 Å². The molecule has 0 fully saturated rings. The number of benzene rings is 1. The number of rotatable bonds is 2. The summed E-state index contributed by atoms with van der Waals surface area (Å²) in [5.74, 6) is 0.0205. The summed E-state index contributed by atoms with van der Waals surface area (Å²) >= 11 is 0. The molecular formula is C17H22N4O2. The number of ether oxygens (including phenoxy) is 1. The standard InChI is InChI=1S/C17H22N4O2/c1-13-11-23-12-21-16(10-18-20-21)8-7-15(17(22)19-13)9-14-5-3-2-4-6-14/h2-6,10,13,15H,7-9,11-12H2,1H3,(H,19,22)/t13-,15+/m0/s1. The summed E-state index contributed by atoms with van der Waals surface area (Å²) in [5, 5.41) is 11.1. The Kier molecular flexibility index (Phi) is 5.02. The molecular weight excluding hydrogens is 292 g/mol. The van der Waals surface area contributed by atoms with Crippen LogP contribution in [0.3, 0.4) is 0 Å². The minimum absolute atomic E-state index is 0.0224. The summed E-state index contributed by atoms with van der Waals surface area (Å²) in [6.45, 7) is 2.79. The molecule has 0 radical (unpaired) electrons. The molecule has 6 heteroatoms. The molecule has 1 aromatic heterocycles. The molecule has 122 valence electrons. The molecule has 6 nitrogen and oxygen atoms in total. The van der Waals surface area contributed by atoms with Gasteiger partial charge in [0.15, 0.2) is 0 Å². The largest absolute Gasteiger partial charge is 0.357 e. The van der Waals surface area contributed by atoms with Crippen molar-refractivity contribution in [1.82, 2.24) is 20.3 Å². The number of nitrogens with zero attached hydrogens (tertiary/aromatic N) is 3. The lowest BCUT2D eigenvalue weighted by Gasteiger charge is -2.19. The predicted octanol–water partition coefficient (Wildman–Crippen LogP) is 1.56. The van der Waals surface area contributed by atoms with Gasteiger partial charge < -0.3 is 10.1 Å². The Bertz CT molecular complexity index is 641. The maximum absolute atomic E-state index is 12.6. The zero-order valence-corrected chi connectivity index (χ0v) is 13.3. The van der Waals surface area contributed by atoms with Gasteiger partial charge in [0.05, 0.1) is 18.5 Å². The van der Waals surface area contributed by atoms with Gasteiger partial charge in [-0.25, -0.2) is 4.68 Å². The van der Waals surface area contributed by atoms with Gasteiger partial charge in [-0.2, -0.15) is 0 Å². The Labute approximate surface area is 135 Å². The summed E-state index contributed by atoms with van der Waals surface area (Å²) in [6, 6.07) is 10.1. The van der Waals surface area contributed by atoms with E-state index < -0.39 is 0 Å². The van der Waals surface area contributed by atoms with Crippen LogP contribution in [0.4, 0.5) is 0 Å². The molecule has 2 heterocycles. The van der Waals surface area contributed by atoms with E-state index in [-0.39, 0.29) is 17.9 Å². The second kappa shape index (κ2) is 7.37. The molecule has 0 spiro atoms. The van der Waals surface area contributed by atoms with Crippen LogP contribution >= 0.6 is 0 Å². The Balaban J connectivity index is 1.77. The molecule has 0 unspecified atom stereocenters. The summed E-state index contributed by atoms with van der Waals surface area (Å²) in [6.07, 6.45) is 4.01. The molecule has 23 heavy (non-hydrogen) atoms. The lowest BCUT2D eigenvalue weighted by molar-refractivity contribution is -0.126. The maximum Gasteiger partial charge on any atom is 0.223 e. The lowest BCUT2D eigenvalue weighted by Crippen LogP contribution is -2.40. The minimum Gasteiger partial charge on any atom is -0.357 e. The smallest absolute Gasteiger partial charge is 0.223 e. The first-order valence-electron chi connectivity index (χ1n) is 8.02. The number of aromatic nitrogens is 3. The van der Waals surface area contributed by atoms with E-state index >= 15 is 0 Å². The van der Waals surface area contributed by atoms with Gasteiger partial charge in [-0.05, 0) is 31.7 Å². The third-order valence-corrected chi connectivity index (χ3v) is 4.11. The fraction of sp³-hybridized carbons (Fsp3) is 0.471. The molecule has 0 aliphatic carbocycles. The normalized spacial score (nSPS) is 22.7. The van der Waals surface area contributed by atoms with E-state index in [1.165, 1.54) is 5.56 Å². The third kappa shape index (κ3) is 4.16. The zero-order valence-electron chi connectivity index (χ0n) is 13.3. The van der Waals surface area contributed by atoms with Gasteiger partial charge in [-0.3, -0.25) is 4.79 Å². The minimum atomic E-state index is -0.0682.